The molecule has 0 aliphatic rings. The van der Waals surface area contributed by atoms with Crippen LogP contribution in [0.2, 0.25) is 0 Å². The molecule has 0 bridgehead atoms. The summed E-state index contributed by atoms with van der Waals surface area (Å²) < 4.78 is 22.1. The molecule has 1 aromatic carbocycles. The number of nitriles is 1. The lowest BCUT2D eigenvalue weighted by Gasteiger charge is -2.16. The van der Waals surface area contributed by atoms with Gasteiger partial charge in [-0.25, -0.2) is 0 Å². The highest BCUT2D eigenvalue weighted by molar-refractivity contribution is 14.1. The number of aliphatic hydroxyl groups excluding tert-OH is 1. The molecule has 5 heteroatoms. The van der Waals surface area contributed by atoms with Gasteiger partial charge < -0.3 is 5.11 Å². The van der Waals surface area contributed by atoms with Crippen molar-refractivity contribution >= 4 is 22.6 Å². The van der Waals surface area contributed by atoms with Gasteiger partial charge in [0.05, 0.1) is 11.6 Å². The number of aliphatic hydroxyl groups is 1. The molecule has 1 aromatic rings. The summed E-state index contributed by atoms with van der Waals surface area (Å²) >= 11 is 0.876. The van der Waals surface area contributed by atoms with E-state index in [1.54, 1.807) is 0 Å². The quantitative estimate of drug-likeness (QED) is 0.674. The third-order valence-electron chi connectivity index (χ3n) is 1.67. The van der Waals surface area contributed by atoms with E-state index in [1.165, 1.54) is 24.3 Å². The minimum atomic E-state index is -3.20. The van der Waals surface area contributed by atoms with Crippen LogP contribution in [-0.4, -0.2) is 9.04 Å². The number of rotatable bonds is 2. The van der Waals surface area contributed by atoms with E-state index in [1.807, 2.05) is 6.07 Å². The molecule has 0 aliphatic carbocycles. The molecule has 0 radical (unpaired) electrons. The first-order valence-corrected chi connectivity index (χ1v) is 4.78. The summed E-state index contributed by atoms with van der Waals surface area (Å²) in [5.41, 5.74) is 0.473. The normalized spacial score (nSPS) is 13.4. The van der Waals surface area contributed by atoms with Crippen LogP contribution in [0.3, 0.4) is 0 Å². The molecule has 0 saturated carbocycles. The van der Waals surface area contributed by atoms with Crippen LogP contribution in [0.1, 0.15) is 17.2 Å². The zero-order valence-corrected chi connectivity index (χ0v) is 9.07. The van der Waals surface area contributed by atoms with Crippen LogP contribution < -0.4 is 0 Å². The molecule has 1 N–H and O–H groups in total. The standard InChI is InChI=1S/C9H6F2INO/c10-9(11,12)8(14)7-3-1-6(5-13)2-4-7/h1-4,8,14H/t8-/m1/s1. The molecule has 14 heavy (non-hydrogen) atoms. The fourth-order valence-electron chi connectivity index (χ4n) is 0.929. The lowest BCUT2D eigenvalue weighted by Crippen LogP contribution is -2.17. The Morgan fingerprint density at radius 2 is 1.86 bits per heavy atom. The second-order valence-corrected chi connectivity index (χ2v) is 4.12. The Bertz CT molecular complexity index is 353. The van der Waals surface area contributed by atoms with Crippen molar-refractivity contribution in [3.05, 3.63) is 35.4 Å². The van der Waals surface area contributed by atoms with Gasteiger partial charge in [0.15, 0.2) is 6.10 Å². The second kappa shape index (κ2) is 4.19. The zero-order chi connectivity index (χ0) is 10.8. The van der Waals surface area contributed by atoms with Gasteiger partial charge in [0, 0.05) is 22.6 Å². The third-order valence-corrected chi connectivity index (χ3v) is 2.26. The monoisotopic (exact) mass is 309 g/mol. The van der Waals surface area contributed by atoms with Crippen molar-refractivity contribution in [2.75, 3.05) is 0 Å². The molecule has 0 amide bonds. The summed E-state index contributed by atoms with van der Waals surface area (Å²) in [4.78, 5) is 0. The average Bonchev–Trinajstić information content (AvgIpc) is 2.15. The van der Waals surface area contributed by atoms with Crippen molar-refractivity contribution in [1.29, 1.82) is 5.26 Å². The Morgan fingerprint density at radius 3 is 2.21 bits per heavy atom. The second-order valence-electron chi connectivity index (χ2n) is 2.68. The van der Waals surface area contributed by atoms with Crippen molar-refractivity contribution < 1.29 is 13.9 Å². The molecule has 1 atom stereocenters. The summed E-state index contributed by atoms with van der Waals surface area (Å²) in [5.74, 6) is 0. The van der Waals surface area contributed by atoms with Crippen molar-refractivity contribution in [3.8, 4) is 6.07 Å². The van der Waals surface area contributed by atoms with Crippen LogP contribution in [0.25, 0.3) is 0 Å². The van der Waals surface area contributed by atoms with Gasteiger partial charge in [-0.05, 0) is 17.7 Å². The van der Waals surface area contributed by atoms with E-state index in [-0.39, 0.29) is 5.56 Å². The first-order chi connectivity index (χ1) is 6.45. The van der Waals surface area contributed by atoms with Crippen molar-refractivity contribution in [2.45, 2.75) is 10.0 Å². The molecule has 0 fully saturated rings. The largest absolute Gasteiger partial charge is 0.381 e. The first-order valence-electron chi connectivity index (χ1n) is 3.70. The van der Waals surface area contributed by atoms with Crippen LogP contribution in [0.15, 0.2) is 24.3 Å². The van der Waals surface area contributed by atoms with E-state index in [0.717, 1.165) is 22.6 Å². The van der Waals surface area contributed by atoms with E-state index in [0.29, 0.717) is 5.56 Å². The molecule has 0 saturated heterocycles. The number of hydrogen-bond acceptors (Lipinski definition) is 2. The topological polar surface area (TPSA) is 44.0 Å². The van der Waals surface area contributed by atoms with Crippen LogP contribution in [-0.2, 0) is 0 Å². The van der Waals surface area contributed by atoms with Gasteiger partial charge in [0.1, 0.15) is 0 Å². The summed E-state index contributed by atoms with van der Waals surface area (Å²) in [6.07, 6.45) is -1.84. The van der Waals surface area contributed by atoms with Gasteiger partial charge in [-0.2, -0.15) is 14.0 Å². The van der Waals surface area contributed by atoms with E-state index in [9.17, 15) is 13.9 Å². The Kier molecular flexibility index (Phi) is 3.39. The maximum Gasteiger partial charge on any atom is 0.325 e. The van der Waals surface area contributed by atoms with E-state index in [2.05, 4.69) is 0 Å². The van der Waals surface area contributed by atoms with Crippen LogP contribution in [0.4, 0.5) is 8.78 Å². The van der Waals surface area contributed by atoms with Gasteiger partial charge in [-0.3, -0.25) is 0 Å². The lowest BCUT2D eigenvalue weighted by atomic mass is 10.1. The maximum absolute atomic E-state index is 12.7. The lowest BCUT2D eigenvalue weighted by molar-refractivity contribution is -0.0206. The highest BCUT2D eigenvalue weighted by Crippen LogP contribution is 2.36. The van der Waals surface area contributed by atoms with Gasteiger partial charge in [-0.15, -0.1) is 0 Å². The SMILES string of the molecule is N#Cc1ccc([C@@H](O)C(F)(F)I)cc1. The molecule has 0 heterocycles. The van der Waals surface area contributed by atoms with E-state index >= 15 is 0 Å². The van der Waals surface area contributed by atoms with Crippen LogP contribution in [0.5, 0.6) is 0 Å². The molecule has 0 unspecified atom stereocenters. The van der Waals surface area contributed by atoms with Crippen molar-refractivity contribution in [3.63, 3.8) is 0 Å². The number of nitrogens with zero attached hydrogens (tertiary/aromatic N) is 1. The number of benzene rings is 1. The maximum atomic E-state index is 12.7. The molecule has 1 rings (SSSR count). The van der Waals surface area contributed by atoms with Gasteiger partial charge in [-0.1, -0.05) is 12.1 Å². The number of alkyl halides is 3. The summed E-state index contributed by atoms with van der Waals surface area (Å²) in [5, 5.41) is 17.6. The Morgan fingerprint density at radius 1 is 1.36 bits per heavy atom. The molecule has 2 nitrogen and oxygen atoms in total. The molecule has 0 spiro atoms. The fraction of sp³-hybridized carbons (Fsp3) is 0.222. The minimum absolute atomic E-state index is 0.100. The van der Waals surface area contributed by atoms with Crippen LogP contribution in [0, 0.1) is 11.3 Å². The van der Waals surface area contributed by atoms with Crippen molar-refractivity contribution in [1.82, 2.24) is 0 Å². The summed E-state index contributed by atoms with van der Waals surface area (Å²) in [7, 11) is 0. The van der Waals surface area contributed by atoms with Gasteiger partial charge in [0.25, 0.3) is 0 Å². The van der Waals surface area contributed by atoms with Crippen molar-refractivity contribution in [2.24, 2.45) is 0 Å². The minimum Gasteiger partial charge on any atom is -0.381 e. The molecule has 74 valence electrons. The van der Waals surface area contributed by atoms with Gasteiger partial charge in [0.2, 0.25) is 0 Å². The van der Waals surface area contributed by atoms with Crippen LogP contribution >= 0.6 is 22.6 Å². The summed E-state index contributed by atoms with van der Waals surface area (Å²) in [6, 6.07) is 7.27. The smallest absolute Gasteiger partial charge is 0.325 e. The average molecular weight is 309 g/mol. The van der Waals surface area contributed by atoms with E-state index in [4.69, 9.17) is 5.26 Å². The number of halogens is 3. The fourth-order valence-corrected chi connectivity index (χ4v) is 1.29. The zero-order valence-electron chi connectivity index (χ0n) is 6.92. The predicted octanol–water partition coefficient (Wildman–Crippen LogP) is 2.62. The highest BCUT2D eigenvalue weighted by atomic mass is 127. The van der Waals surface area contributed by atoms with Gasteiger partial charge >= 0.3 is 3.93 Å². The first kappa shape index (κ1) is 11.3. The third kappa shape index (κ3) is 2.62. The Balaban J connectivity index is 2.94. The predicted molar refractivity (Wildman–Crippen MR) is 55.1 cm³/mol. The number of hydrogen-bond donors (Lipinski definition) is 1. The Labute approximate surface area is 93.3 Å². The highest BCUT2D eigenvalue weighted by Gasteiger charge is 2.35. The molecule has 0 aromatic heterocycles. The molecule has 0 aliphatic heterocycles. The molecular weight excluding hydrogens is 303 g/mol. The summed E-state index contributed by atoms with van der Waals surface area (Å²) in [6.45, 7) is 0. The Hall–Kier alpha value is -0.740. The van der Waals surface area contributed by atoms with E-state index < -0.39 is 10.0 Å². The molecular formula is C9H6F2INO.